The number of nitrogens with zero attached hydrogens (tertiary/aromatic N) is 3. The van der Waals surface area contributed by atoms with Crippen LogP contribution in [0.2, 0.25) is 5.02 Å². The van der Waals surface area contributed by atoms with Crippen molar-refractivity contribution in [2.75, 3.05) is 5.75 Å². The Balaban J connectivity index is 1.97. The van der Waals surface area contributed by atoms with Gasteiger partial charge in [-0.15, -0.1) is 5.10 Å². The molecule has 1 aromatic heterocycles. The number of hydrogen-bond acceptors (Lipinski definition) is 4. The second kappa shape index (κ2) is 4.33. The van der Waals surface area contributed by atoms with Crippen LogP contribution in [-0.2, 0) is 6.54 Å². The molecule has 2 aromatic rings. The summed E-state index contributed by atoms with van der Waals surface area (Å²) in [6.07, 6.45) is -0.340. The van der Waals surface area contributed by atoms with Gasteiger partial charge in [-0.1, -0.05) is 23.4 Å². The van der Waals surface area contributed by atoms with E-state index in [2.05, 4.69) is 10.1 Å². The molecule has 1 aliphatic heterocycles. The molecule has 0 bridgehead atoms. The topological polar surface area (TPSA) is 50.9 Å². The summed E-state index contributed by atoms with van der Waals surface area (Å²) in [5.41, 5.74) is 0.936. The number of thioether (sulfide) groups is 1. The summed E-state index contributed by atoms with van der Waals surface area (Å²) in [6.45, 7) is 0.517. The van der Waals surface area contributed by atoms with Gasteiger partial charge in [0.25, 0.3) is 0 Å². The maximum atomic E-state index is 9.55. The fraction of sp³-hybridized carbons (Fsp3) is 0.273. The minimum absolute atomic E-state index is 0.340. The number of aliphatic hydroxyl groups is 1. The predicted octanol–water partition coefficient (Wildman–Crippen LogP) is 2.07. The van der Waals surface area contributed by atoms with Crippen molar-refractivity contribution in [1.82, 2.24) is 14.8 Å². The summed E-state index contributed by atoms with van der Waals surface area (Å²) in [5.74, 6) is 1.36. The molecule has 0 spiro atoms. The molecule has 4 nitrogen and oxygen atoms in total. The number of fused-ring (bicyclic) bond motifs is 1. The van der Waals surface area contributed by atoms with Gasteiger partial charge >= 0.3 is 0 Å². The minimum Gasteiger partial charge on any atom is -0.390 e. The molecule has 17 heavy (non-hydrogen) atoms. The van der Waals surface area contributed by atoms with Crippen molar-refractivity contribution in [3.63, 3.8) is 0 Å². The van der Waals surface area contributed by atoms with Crippen molar-refractivity contribution in [1.29, 1.82) is 0 Å². The highest BCUT2D eigenvalue weighted by Crippen LogP contribution is 2.26. The molecule has 1 unspecified atom stereocenters. The SMILES string of the molecule is OC1CSc2nc(-c3ccc(Cl)cc3)nn2C1. The largest absolute Gasteiger partial charge is 0.390 e. The molecular weight excluding hydrogens is 258 g/mol. The number of benzene rings is 1. The molecule has 88 valence electrons. The van der Waals surface area contributed by atoms with Crippen molar-refractivity contribution in [3.8, 4) is 11.4 Å². The van der Waals surface area contributed by atoms with Gasteiger partial charge in [-0.2, -0.15) is 0 Å². The van der Waals surface area contributed by atoms with E-state index >= 15 is 0 Å². The lowest BCUT2D eigenvalue weighted by atomic mass is 10.2. The van der Waals surface area contributed by atoms with Gasteiger partial charge in [0.2, 0.25) is 0 Å². The number of aromatic nitrogens is 3. The molecule has 0 amide bonds. The first-order chi connectivity index (χ1) is 8.22. The van der Waals surface area contributed by atoms with Gasteiger partial charge in [-0.25, -0.2) is 9.67 Å². The van der Waals surface area contributed by atoms with Gasteiger partial charge in [-0.05, 0) is 24.3 Å². The zero-order chi connectivity index (χ0) is 11.8. The van der Waals surface area contributed by atoms with Crippen LogP contribution < -0.4 is 0 Å². The van der Waals surface area contributed by atoms with Crippen LogP contribution in [0.5, 0.6) is 0 Å². The van der Waals surface area contributed by atoms with E-state index in [4.69, 9.17) is 11.6 Å². The van der Waals surface area contributed by atoms with Crippen LogP contribution in [-0.4, -0.2) is 31.7 Å². The van der Waals surface area contributed by atoms with Crippen LogP contribution >= 0.6 is 23.4 Å². The normalized spacial score (nSPS) is 19.1. The average Bonchev–Trinajstić information content (AvgIpc) is 2.72. The second-order valence-corrected chi connectivity index (χ2v) is 5.30. The van der Waals surface area contributed by atoms with Gasteiger partial charge in [0.15, 0.2) is 11.0 Å². The summed E-state index contributed by atoms with van der Waals surface area (Å²) < 4.78 is 1.75. The quantitative estimate of drug-likeness (QED) is 0.859. The molecule has 1 N–H and O–H groups in total. The molecular formula is C11H10ClN3OS. The number of hydrogen-bond donors (Lipinski definition) is 1. The van der Waals surface area contributed by atoms with E-state index in [0.29, 0.717) is 23.1 Å². The number of aliphatic hydroxyl groups excluding tert-OH is 1. The molecule has 6 heteroatoms. The number of halogens is 1. The van der Waals surface area contributed by atoms with E-state index in [0.717, 1.165) is 10.7 Å². The fourth-order valence-corrected chi connectivity index (χ4v) is 2.69. The van der Waals surface area contributed by atoms with Gasteiger partial charge in [0.1, 0.15) is 0 Å². The first-order valence-corrected chi connectivity index (χ1v) is 6.60. The molecule has 0 radical (unpaired) electrons. The lowest BCUT2D eigenvalue weighted by Gasteiger charge is -2.16. The van der Waals surface area contributed by atoms with E-state index in [-0.39, 0.29) is 6.10 Å². The monoisotopic (exact) mass is 267 g/mol. The third-order valence-electron chi connectivity index (χ3n) is 2.53. The molecule has 0 saturated heterocycles. The first kappa shape index (κ1) is 11.1. The third kappa shape index (κ3) is 2.18. The van der Waals surface area contributed by atoms with Crippen molar-refractivity contribution in [3.05, 3.63) is 29.3 Å². The molecule has 3 rings (SSSR count). The standard InChI is InChI=1S/C11H10ClN3OS/c12-8-3-1-7(2-4-8)10-13-11-15(14-10)5-9(16)6-17-11/h1-4,9,16H,5-6H2. The average molecular weight is 268 g/mol. The van der Waals surface area contributed by atoms with Crippen LogP contribution in [0.25, 0.3) is 11.4 Å². The highest BCUT2D eigenvalue weighted by molar-refractivity contribution is 7.99. The molecule has 2 heterocycles. The maximum Gasteiger partial charge on any atom is 0.186 e. The van der Waals surface area contributed by atoms with E-state index in [1.54, 1.807) is 4.68 Å². The van der Waals surface area contributed by atoms with Crippen LogP contribution in [0, 0.1) is 0 Å². The Kier molecular flexibility index (Phi) is 2.82. The predicted molar refractivity (Wildman–Crippen MR) is 67.2 cm³/mol. The zero-order valence-corrected chi connectivity index (χ0v) is 10.4. The molecule has 0 aliphatic carbocycles. The number of rotatable bonds is 1. The van der Waals surface area contributed by atoms with Crippen LogP contribution in [0.15, 0.2) is 29.4 Å². The second-order valence-electron chi connectivity index (χ2n) is 3.87. The Bertz CT molecular complexity index is 540. The van der Waals surface area contributed by atoms with Gasteiger partial charge in [-0.3, -0.25) is 0 Å². The maximum absolute atomic E-state index is 9.55. The van der Waals surface area contributed by atoms with E-state index < -0.39 is 0 Å². The summed E-state index contributed by atoms with van der Waals surface area (Å²) in [6, 6.07) is 7.42. The molecule has 1 aliphatic rings. The Morgan fingerprint density at radius 1 is 1.35 bits per heavy atom. The molecule has 1 aromatic carbocycles. The minimum atomic E-state index is -0.340. The van der Waals surface area contributed by atoms with Crippen molar-refractivity contribution >= 4 is 23.4 Å². The Labute approximate surface area is 108 Å². The highest BCUT2D eigenvalue weighted by atomic mass is 35.5. The molecule has 0 saturated carbocycles. The van der Waals surface area contributed by atoms with Crippen molar-refractivity contribution in [2.45, 2.75) is 17.8 Å². The van der Waals surface area contributed by atoms with Crippen LogP contribution in [0.1, 0.15) is 0 Å². The van der Waals surface area contributed by atoms with E-state index in [9.17, 15) is 5.11 Å². The van der Waals surface area contributed by atoms with Crippen molar-refractivity contribution < 1.29 is 5.11 Å². The summed E-state index contributed by atoms with van der Waals surface area (Å²) in [4.78, 5) is 4.45. The summed E-state index contributed by atoms with van der Waals surface area (Å²) >= 11 is 7.36. The zero-order valence-electron chi connectivity index (χ0n) is 8.88. The fourth-order valence-electron chi connectivity index (χ4n) is 1.70. The van der Waals surface area contributed by atoms with E-state index in [1.807, 2.05) is 24.3 Å². The van der Waals surface area contributed by atoms with Gasteiger partial charge < -0.3 is 5.11 Å². The van der Waals surface area contributed by atoms with Gasteiger partial charge in [0.05, 0.1) is 12.6 Å². The lowest BCUT2D eigenvalue weighted by Crippen LogP contribution is -2.24. The van der Waals surface area contributed by atoms with Gasteiger partial charge in [0, 0.05) is 16.3 Å². The Hall–Kier alpha value is -1.04. The smallest absolute Gasteiger partial charge is 0.186 e. The van der Waals surface area contributed by atoms with Crippen LogP contribution in [0.3, 0.4) is 0 Å². The molecule has 1 atom stereocenters. The molecule has 0 fully saturated rings. The summed E-state index contributed by atoms with van der Waals surface area (Å²) in [7, 11) is 0. The Morgan fingerprint density at radius 3 is 2.88 bits per heavy atom. The van der Waals surface area contributed by atoms with E-state index in [1.165, 1.54) is 11.8 Å². The highest BCUT2D eigenvalue weighted by Gasteiger charge is 2.20. The lowest BCUT2D eigenvalue weighted by molar-refractivity contribution is 0.164. The first-order valence-electron chi connectivity index (χ1n) is 5.24. The summed E-state index contributed by atoms with van der Waals surface area (Å²) in [5, 5.41) is 15.5. The Morgan fingerprint density at radius 2 is 2.12 bits per heavy atom. The van der Waals surface area contributed by atoms with Crippen molar-refractivity contribution in [2.24, 2.45) is 0 Å². The third-order valence-corrected chi connectivity index (χ3v) is 3.89. The van der Waals surface area contributed by atoms with Crippen LogP contribution in [0.4, 0.5) is 0 Å².